The first-order valence-electron chi connectivity index (χ1n) is 9.09. The van der Waals surface area contributed by atoms with Crippen LogP contribution in [0.1, 0.15) is 13.0 Å². The van der Waals surface area contributed by atoms with Crippen molar-refractivity contribution in [3.05, 3.63) is 47.7 Å². The number of Topliss-reactive ketones (excluding diaryl/α,β-unsaturated/α-hetero) is 1. The lowest BCUT2D eigenvalue weighted by atomic mass is 9.97. The molecule has 30 heavy (non-hydrogen) atoms. The Hall–Kier alpha value is -3.25. The van der Waals surface area contributed by atoms with Gasteiger partial charge < -0.3 is 5.11 Å². The van der Waals surface area contributed by atoms with E-state index in [1.165, 1.54) is 35.7 Å². The minimum atomic E-state index is -1.46. The highest BCUT2D eigenvalue weighted by atomic mass is 32.1. The van der Waals surface area contributed by atoms with Crippen molar-refractivity contribution in [3.8, 4) is 0 Å². The minimum absolute atomic E-state index is 0.0894. The molecule has 4 rings (SSSR count). The molecule has 1 N–H and O–H groups in total. The fourth-order valence-corrected chi connectivity index (χ4v) is 3.82. The first-order valence-corrected chi connectivity index (χ1v) is 9.97. The quantitative estimate of drug-likeness (QED) is 0.537. The Morgan fingerprint density at radius 3 is 2.90 bits per heavy atom. The number of likely N-dealkylation sites (tertiary alicyclic amines) is 1. The summed E-state index contributed by atoms with van der Waals surface area (Å²) >= 11 is 1.25. The maximum Gasteiger partial charge on any atom is 0.341 e. The number of aliphatic carboxylic acids is 1. The topological polar surface area (TPSA) is 117 Å². The van der Waals surface area contributed by atoms with Gasteiger partial charge in [-0.3, -0.25) is 19.6 Å². The molecule has 0 aliphatic carbocycles. The van der Waals surface area contributed by atoms with Crippen molar-refractivity contribution in [1.82, 2.24) is 24.6 Å². The van der Waals surface area contributed by atoms with Crippen LogP contribution in [0.4, 0.5) is 9.52 Å². The number of alkyl halides is 1. The first-order chi connectivity index (χ1) is 14.4. The maximum absolute atomic E-state index is 13.8. The number of allylic oxidation sites excluding steroid dienone is 1. The summed E-state index contributed by atoms with van der Waals surface area (Å²) in [5.41, 5.74) is -0.556. The van der Waals surface area contributed by atoms with Crippen molar-refractivity contribution in [2.75, 3.05) is 24.7 Å². The number of carboxylic acid groups (broad SMARTS) is 1. The highest BCUT2D eigenvalue weighted by Crippen LogP contribution is 2.28. The maximum atomic E-state index is 13.8. The number of amidine groups is 1. The van der Waals surface area contributed by atoms with Gasteiger partial charge in [0.1, 0.15) is 30.2 Å². The molecule has 10 nitrogen and oxygen atoms in total. The third-order valence-corrected chi connectivity index (χ3v) is 5.41. The molecule has 0 saturated carbocycles. The van der Waals surface area contributed by atoms with Gasteiger partial charge in [0.15, 0.2) is 5.13 Å². The number of halogens is 1. The predicted octanol–water partition coefficient (Wildman–Crippen LogP) is 1.29. The molecule has 1 atom stereocenters. The van der Waals surface area contributed by atoms with Crippen LogP contribution in [0.25, 0.3) is 0 Å². The average molecular weight is 431 g/mol. The van der Waals surface area contributed by atoms with E-state index in [9.17, 15) is 19.1 Å². The number of carboxylic acids is 1. The standard InChI is InChI=1S/C18H18FN7O3S/c1-11(19)4-13-15(27)14(17(28)29)7-25(18-21-2-3-30-18)16(13)22-10-24-5-12(6-24)26-9-20-8-23-26/h2-4,7-9,11-12H,5-6,10H2,1H3,(H,28,29)/b13-4-,22-16?. The Labute approximate surface area is 174 Å². The van der Waals surface area contributed by atoms with Crippen LogP contribution in [0.3, 0.4) is 0 Å². The summed E-state index contributed by atoms with van der Waals surface area (Å²) in [7, 11) is 0. The molecule has 2 aromatic heterocycles. The minimum Gasteiger partial charge on any atom is -0.477 e. The summed E-state index contributed by atoms with van der Waals surface area (Å²) in [5.74, 6) is -1.99. The average Bonchev–Trinajstić information content (AvgIpc) is 3.36. The van der Waals surface area contributed by atoms with Crippen LogP contribution >= 0.6 is 11.3 Å². The van der Waals surface area contributed by atoms with E-state index in [1.807, 2.05) is 4.90 Å². The molecule has 2 aliphatic rings. The molecule has 156 valence electrons. The third-order valence-electron chi connectivity index (χ3n) is 4.64. The van der Waals surface area contributed by atoms with Gasteiger partial charge in [0, 0.05) is 30.9 Å². The zero-order chi connectivity index (χ0) is 21.3. The Kier molecular flexibility index (Phi) is 5.50. The number of nitrogens with zero attached hydrogens (tertiary/aromatic N) is 7. The molecule has 0 spiro atoms. The van der Waals surface area contributed by atoms with Crippen LogP contribution in [0.5, 0.6) is 0 Å². The molecule has 0 bridgehead atoms. The molecule has 0 amide bonds. The van der Waals surface area contributed by atoms with E-state index in [0.29, 0.717) is 18.2 Å². The van der Waals surface area contributed by atoms with Crippen LogP contribution in [-0.2, 0) is 9.59 Å². The Balaban J connectivity index is 1.63. The van der Waals surface area contributed by atoms with Gasteiger partial charge >= 0.3 is 5.97 Å². The second-order valence-corrected chi connectivity index (χ2v) is 7.68. The number of carbonyl (C=O) groups excluding carboxylic acids is 1. The van der Waals surface area contributed by atoms with Gasteiger partial charge in [0.05, 0.1) is 18.3 Å². The summed E-state index contributed by atoms with van der Waals surface area (Å²) < 4.78 is 15.6. The van der Waals surface area contributed by atoms with Crippen molar-refractivity contribution in [1.29, 1.82) is 0 Å². The lowest BCUT2D eigenvalue weighted by Gasteiger charge is -2.38. The summed E-state index contributed by atoms with van der Waals surface area (Å²) in [6, 6.07) is 0.190. The van der Waals surface area contributed by atoms with Crippen molar-refractivity contribution < 1.29 is 19.1 Å². The van der Waals surface area contributed by atoms with Gasteiger partial charge in [-0.25, -0.2) is 23.8 Å². The number of aromatic nitrogens is 4. The van der Waals surface area contributed by atoms with Crippen molar-refractivity contribution >= 4 is 34.1 Å². The van der Waals surface area contributed by atoms with Crippen LogP contribution in [0.2, 0.25) is 0 Å². The lowest BCUT2D eigenvalue weighted by molar-refractivity contribution is -0.134. The molecule has 0 radical (unpaired) electrons. The molecule has 1 unspecified atom stereocenters. The fourth-order valence-electron chi connectivity index (χ4n) is 3.20. The molecule has 0 aromatic carbocycles. The molecule has 2 aromatic rings. The Morgan fingerprint density at radius 2 is 2.30 bits per heavy atom. The van der Waals surface area contributed by atoms with Crippen molar-refractivity contribution in [3.63, 3.8) is 0 Å². The SMILES string of the molecule is CC(F)/C=C1/C(=O)C(C(=O)O)=CN(c2nccs2)C1=NCN1CC(n2cncn2)C1. The summed E-state index contributed by atoms with van der Waals surface area (Å²) in [4.78, 5) is 40.4. The van der Waals surface area contributed by atoms with Crippen LogP contribution in [-0.4, -0.2) is 73.3 Å². The summed E-state index contributed by atoms with van der Waals surface area (Å²) in [6.07, 6.45) is 5.51. The highest BCUT2D eigenvalue weighted by Gasteiger charge is 2.36. The number of anilines is 1. The Morgan fingerprint density at radius 1 is 1.50 bits per heavy atom. The second kappa shape index (κ2) is 8.24. The van der Waals surface area contributed by atoms with E-state index in [-0.39, 0.29) is 24.1 Å². The second-order valence-electron chi connectivity index (χ2n) is 6.81. The van der Waals surface area contributed by atoms with Crippen LogP contribution in [0, 0.1) is 0 Å². The largest absolute Gasteiger partial charge is 0.477 e. The number of hydrogen-bond acceptors (Lipinski definition) is 8. The van der Waals surface area contributed by atoms with E-state index in [0.717, 1.165) is 6.08 Å². The van der Waals surface area contributed by atoms with Gasteiger partial charge in [0.25, 0.3) is 0 Å². The van der Waals surface area contributed by atoms with E-state index in [1.54, 1.807) is 22.6 Å². The van der Waals surface area contributed by atoms with Crippen LogP contribution < -0.4 is 4.90 Å². The Bertz CT molecular complexity index is 1020. The van der Waals surface area contributed by atoms with Crippen molar-refractivity contribution in [2.45, 2.75) is 19.1 Å². The monoisotopic (exact) mass is 431 g/mol. The normalized spacial score (nSPS) is 21.7. The molecule has 1 saturated heterocycles. The summed E-state index contributed by atoms with van der Waals surface area (Å²) in [5, 5.41) is 15.7. The zero-order valence-electron chi connectivity index (χ0n) is 15.9. The number of ketones is 1. The van der Waals surface area contributed by atoms with Gasteiger partial charge in [0.2, 0.25) is 5.78 Å². The number of thiazole rings is 1. The molecular formula is C18H18FN7O3S. The summed E-state index contributed by atoms with van der Waals surface area (Å²) in [6.45, 7) is 2.91. The third kappa shape index (κ3) is 3.91. The number of aliphatic imine (C=N–C) groups is 1. The van der Waals surface area contributed by atoms with Gasteiger partial charge in [-0.1, -0.05) is 0 Å². The van der Waals surface area contributed by atoms with E-state index < -0.39 is 23.5 Å². The smallest absolute Gasteiger partial charge is 0.341 e. The number of carbonyl (C=O) groups is 2. The van der Waals surface area contributed by atoms with Crippen LogP contribution in [0.15, 0.2) is 52.6 Å². The lowest BCUT2D eigenvalue weighted by Crippen LogP contribution is -2.48. The van der Waals surface area contributed by atoms with E-state index >= 15 is 0 Å². The van der Waals surface area contributed by atoms with Gasteiger partial charge in [-0.05, 0) is 13.0 Å². The molecular weight excluding hydrogens is 413 g/mol. The van der Waals surface area contributed by atoms with E-state index in [2.05, 4.69) is 20.1 Å². The van der Waals surface area contributed by atoms with E-state index in [4.69, 9.17) is 0 Å². The molecule has 4 heterocycles. The van der Waals surface area contributed by atoms with Gasteiger partial charge in [-0.15, -0.1) is 11.3 Å². The first kappa shape index (κ1) is 20.0. The zero-order valence-corrected chi connectivity index (χ0v) is 16.7. The fraction of sp³-hybridized carbons (Fsp3) is 0.333. The number of rotatable bonds is 6. The van der Waals surface area contributed by atoms with Crippen molar-refractivity contribution in [2.24, 2.45) is 4.99 Å². The number of hydrogen-bond donors (Lipinski definition) is 1. The highest BCUT2D eigenvalue weighted by molar-refractivity contribution is 7.13. The molecule has 2 aliphatic heterocycles. The van der Waals surface area contributed by atoms with Gasteiger partial charge in [-0.2, -0.15) is 5.10 Å². The molecule has 12 heteroatoms. The molecule has 1 fully saturated rings. The predicted molar refractivity (Wildman–Crippen MR) is 107 cm³/mol.